The Kier molecular flexibility index (Phi) is 4.68. The minimum Gasteiger partial charge on any atom is -0.332 e. The average molecular weight is 433 g/mol. The van der Waals surface area contributed by atoms with Gasteiger partial charge in [0.05, 0.1) is 29.4 Å². The Morgan fingerprint density at radius 3 is 2.70 bits per heavy atom. The number of aryl methyl sites for hydroxylation is 2. The van der Waals surface area contributed by atoms with E-state index in [1.165, 1.54) is 22.1 Å². The summed E-state index contributed by atoms with van der Waals surface area (Å²) in [6.45, 7) is 0. The molecule has 4 aromatic rings. The first-order chi connectivity index (χ1) is 16.2. The van der Waals surface area contributed by atoms with Gasteiger partial charge in [0, 0.05) is 36.4 Å². The average Bonchev–Trinajstić information content (AvgIpc) is 3.29. The normalized spacial score (nSPS) is 19.5. The van der Waals surface area contributed by atoms with Crippen LogP contribution in [0.1, 0.15) is 34.9 Å². The fourth-order valence-electron chi connectivity index (χ4n) is 5.05. The van der Waals surface area contributed by atoms with Crippen LogP contribution in [0.25, 0.3) is 22.3 Å². The highest BCUT2D eigenvalue weighted by Crippen LogP contribution is 2.42. The lowest BCUT2D eigenvalue weighted by Crippen LogP contribution is -2.19. The van der Waals surface area contributed by atoms with Crippen LogP contribution in [0.4, 0.5) is 5.69 Å². The SMILES string of the molecule is Cn1cncc1-c1cc(C2C=CC=CC2c2ccc3c(c2)CCC(=O)N3)c2ccccc2n1. The second kappa shape index (κ2) is 7.85. The van der Waals surface area contributed by atoms with E-state index in [1.54, 1.807) is 0 Å². The molecule has 6 rings (SSSR count). The Morgan fingerprint density at radius 1 is 1.00 bits per heavy atom. The van der Waals surface area contributed by atoms with Crippen LogP contribution in [0, 0.1) is 0 Å². The molecule has 3 heterocycles. The largest absolute Gasteiger partial charge is 0.332 e. The summed E-state index contributed by atoms with van der Waals surface area (Å²) >= 11 is 0. The number of carbonyl (C=O) groups excluding carboxylic acids is 1. The van der Waals surface area contributed by atoms with Crippen molar-refractivity contribution in [2.45, 2.75) is 24.7 Å². The molecule has 2 unspecified atom stereocenters. The van der Waals surface area contributed by atoms with Crippen molar-refractivity contribution in [3.63, 3.8) is 0 Å². The van der Waals surface area contributed by atoms with Crippen LogP contribution in [-0.4, -0.2) is 20.4 Å². The fourth-order valence-corrected chi connectivity index (χ4v) is 5.05. The van der Waals surface area contributed by atoms with Crippen LogP contribution in [0.5, 0.6) is 0 Å². The second-order valence-corrected chi connectivity index (χ2v) is 8.79. The Hall–Kier alpha value is -3.99. The molecule has 2 aromatic heterocycles. The number of anilines is 1. The van der Waals surface area contributed by atoms with Crippen molar-refractivity contribution in [2.75, 3.05) is 5.32 Å². The number of carbonyl (C=O) groups is 1. The van der Waals surface area contributed by atoms with E-state index in [-0.39, 0.29) is 17.7 Å². The lowest BCUT2D eigenvalue weighted by molar-refractivity contribution is -0.116. The third-order valence-electron chi connectivity index (χ3n) is 6.73. The van der Waals surface area contributed by atoms with Gasteiger partial charge in [0.2, 0.25) is 5.91 Å². The molecule has 1 aliphatic heterocycles. The first-order valence-corrected chi connectivity index (χ1v) is 11.3. The molecule has 1 N–H and O–H groups in total. The lowest BCUT2D eigenvalue weighted by atomic mass is 9.77. The Bertz CT molecular complexity index is 1450. The molecular weight excluding hydrogens is 408 g/mol. The molecule has 2 aliphatic rings. The van der Waals surface area contributed by atoms with Gasteiger partial charge in [-0.1, -0.05) is 54.6 Å². The number of hydrogen-bond acceptors (Lipinski definition) is 3. The van der Waals surface area contributed by atoms with Crippen LogP contribution in [-0.2, 0) is 18.3 Å². The maximum atomic E-state index is 11.8. The standard InChI is InChI=1S/C28H24N4O/c1-32-17-29-16-27(32)26-15-23(22-8-4-5-9-25(22)30-26)21-7-3-2-6-20(21)18-10-12-24-19(14-18)11-13-28(33)31-24/h2-10,12,14-17,20-21H,11,13H2,1H3,(H,31,33). The molecule has 1 amide bonds. The molecule has 0 radical (unpaired) electrons. The summed E-state index contributed by atoms with van der Waals surface area (Å²) in [6, 6.07) is 17.1. The highest BCUT2D eigenvalue weighted by Gasteiger charge is 2.26. The number of rotatable bonds is 3. The van der Waals surface area contributed by atoms with Crippen LogP contribution >= 0.6 is 0 Å². The number of allylic oxidation sites excluding steroid dienone is 4. The van der Waals surface area contributed by atoms with E-state index in [9.17, 15) is 4.79 Å². The number of pyridine rings is 1. The van der Waals surface area contributed by atoms with Crippen LogP contribution < -0.4 is 5.32 Å². The first kappa shape index (κ1) is 19.7. The highest BCUT2D eigenvalue weighted by molar-refractivity contribution is 5.94. The van der Waals surface area contributed by atoms with Crippen LogP contribution in [0.3, 0.4) is 0 Å². The predicted octanol–water partition coefficient (Wildman–Crippen LogP) is 5.51. The third-order valence-corrected chi connectivity index (χ3v) is 6.73. The van der Waals surface area contributed by atoms with Gasteiger partial charge in [0.15, 0.2) is 0 Å². The molecule has 1 aliphatic carbocycles. The molecule has 33 heavy (non-hydrogen) atoms. The van der Waals surface area contributed by atoms with Gasteiger partial charge in [-0.3, -0.25) is 4.79 Å². The number of amides is 1. The number of nitrogens with zero attached hydrogens (tertiary/aromatic N) is 3. The topological polar surface area (TPSA) is 59.8 Å². The van der Waals surface area contributed by atoms with E-state index in [4.69, 9.17) is 4.98 Å². The number of para-hydroxylation sites is 1. The summed E-state index contributed by atoms with van der Waals surface area (Å²) in [6.07, 6.45) is 13.9. The molecule has 5 nitrogen and oxygen atoms in total. The van der Waals surface area contributed by atoms with Crippen LogP contribution in [0.15, 0.2) is 85.4 Å². The van der Waals surface area contributed by atoms with Crippen LogP contribution in [0.2, 0.25) is 0 Å². The summed E-state index contributed by atoms with van der Waals surface area (Å²) < 4.78 is 2.01. The van der Waals surface area contributed by atoms with Crippen molar-refractivity contribution in [1.29, 1.82) is 0 Å². The fraction of sp³-hybridized carbons (Fsp3) is 0.179. The minimum absolute atomic E-state index is 0.0968. The van der Waals surface area contributed by atoms with E-state index in [0.29, 0.717) is 6.42 Å². The summed E-state index contributed by atoms with van der Waals surface area (Å²) in [5, 5.41) is 4.17. The number of imidazole rings is 1. The van der Waals surface area contributed by atoms with Crippen molar-refractivity contribution in [2.24, 2.45) is 7.05 Å². The molecular formula is C28H24N4O. The van der Waals surface area contributed by atoms with Gasteiger partial charge in [0.1, 0.15) is 0 Å². The van der Waals surface area contributed by atoms with Gasteiger partial charge in [-0.05, 0) is 41.3 Å². The van der Waals surface area contributed by atoms with Crippen molar-refractivity contribution in [3.05, 3.63) is 102 Å². The lowest BCUT2D eigenvalue weighted by Gasteiger charge is -2.28. The molecule has 2 atom stereocenters. The summed E-state index contributed by atoms with van der Waals surface area (Å²) in [4.78, 5) is 21.0. The molecule has 0 saturated carbocycles. The summed E-state index contributed by atoms with van der Waals surface area (Å²) in [5.41, 5.74) is 7.59. The molecule has 162 valence electrons. The molecule has 0 fully saturated rings. The highest BCUT2D eigenvalue weighted by atomic mass is 16.1. The Balaban J connectivity index is 1.49. The maximum absolute atomic E-state index is 11.8. The number of hydrogen-bond donors (Lipinski definition) is 1. The van der Waals surface area contributed by atoms with E-state index >= 15 is 0 Å². The molecule has 2 aromatic carbocycles. The molecule has 0 bridgehead atoms. The number of benzene rings is 2. The second-order valence-electron chi connectivity index (χ2n) is 8.79. The zero-order valence-corrected chi connectivity index (χ0v) is 18.4. The molecule has 0 saturated heterocycles. The van der Waals surface area contributed by atoms with Gasteiger partial charge in [-0.15, -0.1) is 0 Å². The zero-order chi connectivity index (χ0) is 22.4. The first-order valence-electron chi connectivity index (χ1n) is 11.3. The minimum atomic E-state index is 0.0968. The summed E-state index contributed by atoms with van der Waals surface area (Å²) in [5.74, 6) is 0.466. The van der Waals surface area contributed by atoms with Crippen molar-refractivity contribution >= 4 is 22.5 Å². The van der Waals surface area contributed by atoms with Gasteiger partial charge in [-0.25, -0.2) is 9.97 Å². The molecule has 5 heteroatoms. The maximum Gasteiger partial charge on any atom is 0.224 e. The number of nitrogens with one attached hydrogen (secondary N) is 1. The van der Waals surface area contributed by atoms with E-state index < -0.39 is 0 Å². The quantitative estimate of drug-likeness (QED) is 0.464. The van der Waals surface area contributed by atoms with Crippen molar-refractivity contribution in [1.82, 2.24) is 14.5 Å². The Labute approximate surface area is 192 Å². The van der Waals surface area contributed by atoms with Gasteiger partial charge >= 0.3 is 0 Å². The third kappa shape index (κ3) is 3.46. The van der Waals surface area contributed by atoms with Gasteiger partial charge in [0.25, 0.3) is 0 Å². The Morgan fingerprint density at radius 2 is 1.85 bits per heavy atom. The predicted molar refractivity (Wildman–Crippen MR) is 131 cm³/mol. The smallest absolute Gasteiger partial charge is 0.224 e. The van der Waals surface area contributed by atoms with Crippen molar-refractivity contribution < 1.29 is 4.79 Å². The van der Waals surface area contributed by atoms with E-state index in [1.807, 2.05) is 30.2 Å². The zero-order valence-electron chi connectivity index (χ0n) is 18.4. The van der Waals surface area contributed by atoms with E-state index in [0.717, 1.165) is 29.0 Å². The monoisotopic (exact) mass is 432 g/mol. The van der Waals surface area contributed by atoms with Crippen molar-refractivity contribution in [3.8, 4) is 11.4 Å². The number of fused-ring (bicyclic) bond motifs is 2. The van der Waals surface area contributed by atoms with Gasteiger partial charge in [-0.2, -0.15) is 0 Å². The number of aromatic nitrogens is 3. The molecule has 0 spiro atoms. The van der Waals surface area contributed by atoms with Gasteiger partial charge < -0.3 is 9.88 Å². The summed E-state index contributed by atoms with van der Waals surface area (Å²) in [7, 11) is 2.00. The van der Waals surface area contributed by atoms with E-state index in [2.05, 4.69) is 77.1 Å².